The van der Waals surface area contributed by atoms with Crippen LogP contribution < -0.4 is 10.6 Å². The van der Waals surface area contributed by atoms with Crippen LogP contribution in [0.15, 0.2) is 48.5 Å². The second-order valence-corrected chi connectivity index (χ2v) is 7.02. The average Bonchev–Trinajstić information content (AvgIpc) is 2.49. The third-order valence-corrected chi connectivity index (χ3v) is 3.87. The number of halogens is 1. The van der Waals surface area contributed by atoms with Crippen molar-refractivity contribution in [2.24, 2.45) is 0 Å². The van der Waals surface area contributed by atoms with Gasteiger partial charge in [0.15, 0.2) is 0 Å². The van der Waals surface area contributed by atoms with Crippen molar-refractivity contribution in [3.8, 4) is 0 Å². The fraction of sp³-hybridized carbons (Fsp3) is 0.316. The molecule has 0 aliphatic carbocycles. The molecule has 0 unspecified atom stereocenters. The van der Waals surface area contributed by atoms with Gasteiger partial charge < -0.3 is 10.6 Å². The molecule has 4 heteroatoms. The Morgan fingerprint density at radius 2 is 1.61 bits per heavy atom. The molecule has 0 aliphatic heterocycles. The molecule has 0 saturated heterocycles. The maximum atomic E-state index is 11.8. The average molecular weight is 331 g/mol. The fourth-order valence-corrected chi connectivity index (χ4v) is 2.33. The summed E-state index contributed by atoms with van der Waals surface area (Å²) in [6.45, 7) is 7.19. The number of urea groups is 1. The summed E-state index contributed by atoms with van der Waals surface area (Å²) < 4.78 is 0. The highest BCUT2D eigenvalue weighted by molar-refractivity contribution is 6.30. The molecule has 2 aromatic carbocycles. The highest BCUT2D eigenvalue weighted by Gasteiger charge is 2.12. The third-order valence-electron chi connectivity index (χ3n) is 3.62. The first-order valence-electron chi connectivity index (χ1n) is 7.74. The summed E-state index contributed by atoms with van der Waals surface area (Å²) in [6.07, 6.45) is 0.804. The van der Waals surface area contributed by atoms with Gasteiger partial charge in [0.05, 0.1) is 0 Å². The Morgan fingerprint density at radius 3 is 2.17 bits per heavy atom. The maximum Gasteiger partial charge on any atom is 0.319 e. The number of hydrogen-bond acceptors (Lipinski definition) is 1. The predicted octanol–water partition coefficient (Wildman–Crippen LogP) is 5.00. The van der Waals surface area contributed by atoms with Crippen molar-refractivity contribution in [3.05, 3.63) is 64.7 Å². The Morgan fingerprint density at radius 1 is 1.00 bits per heavy atom. The number of amides is 2. The van der Waals surface area contributed by atoms with E-state index in [4.69, 9.17) is 11.6 Å². The van der Waals surface area contributed by atoms with Crippen LogP contribution >= 0.6 is 11.6 Å². The zero-order valence-corrected chi connectivity index (χ0v) is 14.6. The minimum absolute atomic E-state index is 0.162. The molecule has 23 heavy (non-hydrogen) atoms. The number of anilines is 1. The van der Waals surface area contributed by atoms with Crippen LogP contribution in [0.2, 0.25) is 5.02 Å². The van der Waals surface area contributed by atoms with E-state index in [9.17, 15) is 4.79 Å². The molecule has 2 amide bonds. The molecule has 0 aliphatic rings. The van der Waals surface area contributed by atoms with E-state index < -0.39 is 0 Å². The number of rotatable bonds is 4. The minimum atomic E-state index is -0.210. The molecule has 0 heterocycles. The van der Waals surface area contributed by atoms with E-state index in [0.29, 0.717) is 11.6 Å². The lowest BCUT2D eigenvalue weighted by Gasteiger charge is -2.19. The molecule has 0 spiro atoms. The van der Waals surface area contributed by atoms with Crippen LogP contribution in [0.3, 0.4) is 0 Å². The van der Waals surface area contributed by atoms with E-state index in [1.165, 1.54) is 11.1 Å². The molecule has 0 saturated carbocycles. The number of hydrogen-bond donors (Lipinski definition) is 2. The van der Waals surface area contributed by atoms with Gasteiger partial charge in [-0.05, 0) is 47.2 Å². The van der Waals surface area contributed by atoms with Crippen LogP contribution in [0.4, 0.5) is 10.5 Å². The van der Waals surface area contributed by atoms with Crippen molar-refractivity contribution in [3.63, 3.8) is 0 Å². The van der Waals surface area contributed by atoms with Gasteiger partial charge in [-0.1, -0.05) is 56.6 Å². The summed E-state index contributed by atoms with van der Waals surface area (Å²) in [5, 5.41) is 6.28. The fourth-order valence-electron chi connectivity index (χ4n) is 2.20. The first-order chi connectivity index (χ1) is 10.8. The van der Waals surface area contributed by atoms with Crippen LogP contribution in [0.25, 0.3) is 0 Å². The minimum Gasteiger partial charge on any atom is -0.338 e. The van der Waals surface area contributed by atoms with Gasteiger partial charge in [-0.15, -0.1) is 0 Å². The first-order valence-corrected chi connectivity index (χ1v) is 8.12. The predicted molar refractivity (Wildman–Crippen MR) is 97.3 cm³/mol. The number of carbonyl (C=O) groups is 1. The lowest BCUT2D eigenvalue weighted by molar-refractivity contribution is 0.252. The molecule has 0 aromatic heterocycles. The Kier molecular flexibility index (Phi) is 5.67. The summed E-state index contributed by atoms with van der Waals surface area (Å²) in [6, 6.07) is 15.4. The largest absolute Gasteiger partial charge is 0.338 e. The van der Waals surface area contributed by atoms with Crippen LogP contribution in [0.5, 0.6) is 0 Å². The second-order valence-electron chi connectivity index (χ2n) is 6.58. The van der Waals surface area contributed by atoms with Crippen molar-refractivity contribution < 1.29 is 4.79 Å². The summed E-state index contributed by atoms with van der Waals surface area (Å²) in [4.78, 5) is 11.8. The van der Waals surface area contributed by atoms with Gasteiger partial charge in [-0.25, -0.2) is 4.79 Å². The van der Waals surface area contributed by atoms with Crippen molar-refractivity contribution in [2.75, 3.05) is 11.9 Å². The monoisotopic (exact) mass is 330 g/mol. The van der Waals surface area contributed by atoms with E-state index in [0.717, 1.165) is 12.1 Å². The van der Waals surface area contributed by atoms with Crippen molar-refractivity contribution >= 4 is 23.3 Å². The molecular weight excluding hydrogens is 308 g/mol. The zero-order valence-electron chi connectivity index (χ0n) is 13.8. The summed E-state index contributed by atoms with van der Waals surface area (Å²) >= 11 is 5.81. The molecule has 3 nitrogen and oxygen atoms in total. The molecule has 0 fully saturated rings. The van der Waals surface area contributed by atoms with E-state index in [1.54, 1.807) is 24.3 Å². The highest BCUT2D eigenvalue weighted by Crippen LogP contribution is 2.22. The van der Waals surface area contributed by atoms with Crippen LogP contribution in [0, 0.1) is 0 Å². The number of benzene rings is 2. The molecule has 0 bridgehead atoms. The van der Waals surface area contributed by atoms with Gasteiger partial charge in [0.1, 0.15) is 0 Å². The SMILES string of the molecule is CC(C)(C)c1ccc(CCNC(=O)Nc2ccc(Cl)cc2)cc1. The molecular formula is C19H23ClN2O. The van der Waals surface area contributed by atoms with Gasteiger partial charge in [-0.3, -0.25) is 0 Å². The lowest BCUT2D eigenvalue weighted by atomic mass is 9.86. The highest BCUT2D eigenvalue weighted by atomic mass is 35.5. The lowest BCUT2D eigenvalue weighted by Crippen LogP contribution is -2.30. The number of carbonyl (C=O) groups excluding carboxylic acids is 1. The Hall–Kier alpha value is -2.00. The Labute approximate surface area is 143 Å². The van der Waals surface area contributed by atoms with E-state index in [1.807, 2.05) is 0 Å². The van der Waals surface area contributed by atoms with Crippen LogP contribution in [0.1, 0.15) is 31.9 Å². The van der Waals surface area contributed by atoms with Crippen molar-refractivity contribution in [1.29, 1.82) is 0 Å². The van der Waals surface area contributed by atoms with E-state index in [2.05, 4.69) is 55.7 Å². The Bertz CT molecular complexity index is 643. The third kappa shape index (κ3) is 5.61. The first kappa shape index (κ1) is 17.4. The van der Waals surface area contributed by atoms with Gasteiger partial charge in [0.25, 0.3) is 0 Å². The van der Waals surface area contributed by atoms with Gasteiger partial charge in [0, 0.05) is 17.3 Å². The molecule has 0 atom stereocenters. The van der Waals surface area contributed by atoms with Crippen molar-refractivity contribution in [2.45, 2.75) is 32.6 Å². The zero-order chi connectivity index (χ0) is 16.9. The molecule has 2 aromatic rings. The topological polar surface area (TPSA) is 41.1 Å². The smallest absolute Gasteiger partial charge is 0.319 e. The normalized spacial score (nSPS) is 11.1. The number of nitrogens with one attached hydrogen (secondary N) is 2. The quantitative estimate of drug-likeness (QED) is 0.813. The maximum absolute atomic E-state index is 11.8. The molecule has 122 valence electrons. The van der Waals surface area contributed by atoms with E-state index in [-0.39, 0.29) is 11.4 Å². The van der Waals surface area contributed by atoms with Crippen LogP contribution in [-0.4, -0.2) is 12.6 Å². The summed E-state index contributed by atoms with van der Waals surface area (Å²) in [5.74, 6) is 0. The standard InChI is InChI=1S/C19H23ClN2O/c1-19(2,3)15-6-4-14(5-7-15)12-13-21-18(23)22-17-10-8-16(20)9-11-17/h4-11H,12-13H2,1-3H3,(H2,21,22,23). The Balaban J connectivity index is 1.78. The van der Waals surface area contributed by atoms with Crippen molar-refractivity contribution in [1.82, 2.24) is 5.32 Å². The molecule has 2 rings (SSSR count). The van der Waals surface area contributed by atoms with Gasteiger partial charge in [-0.2, -0.15) is 0 Å². The molecule has 0 radical (unpaired) electrons. The van der Waals surface area contributed by atoms with Gasteiger partial charge in [0.2, 0.25) is 0 Å². The van der Waals surface area contributed by atoms with Gasteiger partial charge >= 0.3 is 6.03 Å². The second kappa shape index (κ2) is 7.51. The molecule has 2 N–H and O–H groups in total. The summed E-state index contributed by atoms with van der Waals surface area (Å²) in [7, 11) is 0. The van der Waals surface area contributed by atoms with E-state index >= 15 is 0 Å². The summed E-state index contributed by atoms with van der Waals surface area (Å²) in [5.41, 5.74) is 3.41. The van der Waals surface area contributed by atoms with Crippen LogP contribution in [-0.2, 0) is 11.8 Å².